The average Bonchev–Trinajstić information content (AvgIpc) is 2.96. The zero-order valence-corrected chi connectivity index (χ0v) is 12.3. The van der Waals surface area contributed by atoms with Crippen molar-refractivity contribution in [3.63, 3.8) is 0 Å². The first kappa shape index (κ1) is 15.2. The van der Waals surface area contributed by atoms with E-state index in [0.717, 1.165) is 12.0 Å². The second kappa shape index (κ2) is 6.47. The molecule has 1 aromatic carbocycles. The summed E-state index contributed by atoms with van der Waals surface area (Å²) in [7, 11) is 3.26. The van der Waals surface area contributed by atoms with Gasteiger partial charge < -0.3 is 19.6 Å². The van der Waals surface area contributed by atoms with Crippen LogP contribution in [0.5, 0.6) is 5.75 Å². The monoisotopic (exact) mass is 292 g/mol. The van der Waals surface area contributed by atoms with Gasteiger partial charge in [0.1, 0.15) is 11.8 Å². The highest BCUT2D eigenvalue weighted by Gasteiger charge is 2.35. The number of rotatable bonds is 4. The fourth-order valence-electron chi connectivity index (χ4n) is 2.63. The molecule has 0 radical (unpaired) electrons. The number of hydrogen-bond donors (Lipinski definition) is 1. The van der Waals surface area contributed by atoms with Gasteiger partial charge in [0.2, 0.25) is 0 Å². The van der Waals surface area contributed by atoms with Crippen molar-refractivity contribution in [2.24, 2.45) is 0 Å². The molecule has 1 saturated heterocycles. The van der Waals surface area contributed by atoms with E-state index in [2.05, 4.69) is 0 Å². The molecule has 1 unspecified atom stereocenters. The summed E-state index contributed by atoms with van der Waals surface area (Å²) in [5.41, 5.74) is 0.891. The van der Waals surface area contributed by atoms with Crippen LogP contribution >= 0.6 is 0 Å². The first-order chi connectivity index (χ1) is 10.0. The lowest BCUT2D eigenvalue weighted by atomic mass is 10.2. The minimum atomic E-state index is -0.938. The number of benzene rings is 1. The molecule has 1 heterocycles. The number of carbonyl (C=O) groups is 2. The normalized spacial score (nSPS) is 17.6. The molecular weight excluding hydrogens is 272 g/mol. The molecule has 114 valence electrons. The van der Waals surface area contributed by atoms with E-state index in [0.29, 0.717) is 25.3 Å². The number of aliphatic carboxylic acids is 1. The van der Waals surface area contributed by atoms with Crippen LogP contribution in [-0.2, 0) is 11.3 Å². The third-order valence-electron chi connectivity index (χ3n) is 3.71. The maximum atomic E-state index is 12.4. The van der Waals surface area contributed by atoms with Gasteiger partial charge in [-0.25, -0.2) is 9.59 Å². The lowest BCUT2D eigenvalue weighted by molar-refractivity contribution is -0.141. The maximum absolute atomic E-state index is 12.4. The van der Waals surface area contributed by atoms with E-state index < -0.39 is 12.0 Å². The Labute approximate surface area is 123 Å². The number of para-hydroxylation sites is 1. The standard InChI is InChI=1S/C15H20N2O4/c1-16(10-11-6-3-4-8-13(11)21-2)15(20)17-9-5-7-12(17)14(18)19/h3-4,6,8,12H,5,7,9-10H2,1-2H3,(H,18,19). The molecule has 1 fully saturated rings. The number of carboxylic acid groups (broad SMARTS) is 1. The zero-order valence-electron chi connectivity index (χ0n) is 12.3. The summed E-state index contributed by atoms with van der Waals surface area (Å²) in [6.45, 7) is 0.873. The summed E-state index contributed by atoms with van der Waals surface area (Å²) in [6, 6.07) is 6.51. The number of nitrogens with zero attached hydrogens (tertiary/aromatic N) is 2. The Bertz CT molecular complexity index is 532. The van der Waals surface area contributed by atoms with Crippen LogP contribution < -0.4 is 4.74 Å². The van der Waals surface area contributed by atoms with Gasteiger partial charge >= 0.3 is 12.0 Å². The maximum Gasteiger partial charge on any atom is 0.326 e. The molecule has 1 N–H and O–H groups in total. The molecule has 6 nitrogen and oxygen atoms in total. The molecule has 0 spiro atoms. The number of urea groups is 1. The van der Waals surface area contributed by atoms with Crippen LogP contribution in [0.15, 0.2) is 24.3 Å². The Kier molecular flexibility index (Phi) is 4.67. The Hall–Kier alpha value is -2.24. The van der Waals surface area contributed by atoms with E-state index in [4.69, 9.17) is 9.84 Å². The Morgan fingerprint density at radius 3 is 2.81 bits per heavy atom. The van der Waals surface area contributed by atoms with Crippen molar-refractivity contribution in [3.05, 3.63) is 29.8 Å². The number of amides is 2. The van der Waals surface area contributed by atoms with Crippen LogP contribution in [0.2, 0.25) is 0 Å². The quantitative estimate of drug-likeness (QED) is 0.918. The fraction of sp³-hybridized carbons (Fsp3) is 0.467. The Morgan fingerprint density at radius 1 is 1.43 bits per heavy atom. The highest BCUT2D eigenvalue weighted by atomic mass is 16.5. The van der Waals surface area contributed by atoms with Gasteiger partial charge in [0.25, 0.3) is 0 Å². The summed E-state index contributed by atoms with van der Waals surface area (Å²) < 4.78 is 5.27. The van der Waals surface area contributed by atoms with Crippen molar-refractivity contribution in [3.8, 4) is 5.75 Å². The third kappa shape index (κ3) is 3.26. The van der Waals surface area contributed by atoms with Gasteiger partial charge in [-0.3, -0.25) is 0 Å². The van der Waals surface area contributed by atoms with Crippen molar-refractivity contribution in [2.45, 2.75) is 25.4 Å². The first-order valence-electron chi connectivity index (χ1n) is 6.91. The van der Waals surface area contributed by atoms with Gasteiger partial charge in [0.05, 0.1) is 13.7 Å². The molecule has 0 aliphatic carbocycles. The molecule has 1 atom stereocenters. The average molecular weight is 292 g/mol. The van der Waals surface area contributed by atoms with E-state index in [9.17, 15) is 9.59 Å². The minimum absolute atomic E-state index is 0.259. The number of carbonyl (C=O) groups excluding carboxylic acids is 1. The molecule has 1 aliphatic rings. The van der Waals surface area contributed by atoms with Crippen LogP contribution in [0, 0.1) is 0 Å². The number of ether oxygens (including phenoxy) is 1. The van der Waals surface area contributed by atoms with Crippen molar-refractivity contribution >= 4 is 12.0 Å². The third-order valence-corrected chi connectivity index (χ3v) is 3.71. The van der Waals surface area contributed by atoms with Gasteiger partial charge in [-0.05, 0) is 18.9 Å². The molecule has 0 bridgehead atoms. The lowest BCUT2D eigenvalue weighted by Gasteiger charge is -2.28. The van der Waals surface area contributed by atoms with Gasteiger partial charge in [-0.15, -0.1) is 0 Å². The number of likely N-dealkylation sites (tertiary alicyclic amines) is 1. The molecule has 21 heavy (non-hydrogen) atoms. The SMILES string of the molecule is COc1ccccc1CN(C)C(=O)N1CCCC1C(=O)O. The van der Waals surface area contributed by atoms with Gasteiger partial charge in [-0.1, -0.05) is 18.2 Å². The molecule has 1 aromatic rings. The summed E-state index contributed by atoms with van der Waals surface area (Å²) >= 11 is 0. The smallest absolute Gasteiger partial charge is 0.326 e. The minimum Gasteiger partial charge on any atom is -0.496 e. The largest absolute Gasteiger partial charge is 0.496 e. The van der Waals surface area contributed by atoms with Gasteiger partial charge in [0.15, 0.2) is 0 Å². The van der Waals surface area contributed by atoms with Crippen LogP contribution in [0.25, 0.3) is 0 Å². The molecule has 0 aromatic heterocycles. The molecular formula is C15H20N2O4. The van der Waals surface area contributed by atoms with Crippen LogP contribution in [0.4, 0.5) is 4.79 Å². The molecule has 6 heteroatoms. The Morgan fingerprint density at radius 2 is 2.14 bits per heavy atom. The predicted molar refractivity (Wildman–Crippen MR) is 77.2 cm³/mol. The van der Waals surface area contributed by atoms with Gasteiger partial charge in [0, 0.05) is 19.2 Å². The second-order valence-electron chi connectivity index (χ2n) is 5.14. The summed E-state index contributed by atoms with van der Waals surface area (Å²) in [4.78, 5) is 26.5. The number of hydrogen-bond acceptors (Lipinski definition) is 3. The van der Waals surface area contributed by atoms with Crippen LogP contribution in [0.1, 0.15) is 18.4 Å². The zero-order chi connectivity index (χ0) is 15.4. The molecule has 0 saturated carbocycles. The van der Waals surface area contributed by atoms with Crippen LogP contribution in [0.3, 0.4) is 0 Å². The summed E-state index contributed by atoms with van der Waals surface area (Å²) in [6.07, 6.45) is 1.24. The Balaban J connectivity index is 2.07. The van der Waals surface area contributed by atoms with Gasteiger partial charge in [-0.2, -0.15) is 0 Å². The molecule has 2 rings (SSSR count). The molecule has 1 aliphatic heterocycles. The van der Waals surface area contributed by atoms with Crippen molar-refractivity contribution < 1.29 is 19.4 Å². The van der Waals surface area contributed by atoms with Crippen molar-refractivity contribution in [1.29, 1.82) is 0 Å². The predicted octanol–water partition coefficient (Wildman–Crippen LogP) is 1.80. The lowest BCUT2D eigenvalue weighted by Crippen LogP contribution is -2.46. The summed E-state index contributed by atoms with van der Waals surface area (Å²) in [5, 5.41) is 9.15. The molecule has 2 amide bonds. The number of methoxy groups -OCH3 is 1. The van der Waals surface area contributed by atoms with E-state index >= 15 is 0 Å². The van der Waals surface area contributed by atoms with E-state index in [1.807, 2.05) is 24.3 Å². The van der Waals surface area contributed by atoms with E-state index in [-0.39, 0.29) is 6.03 Å². The summed E-state index contributed by atoms with van der Waals surface area (Å²) in [5.74, 6) is -0.222. The second-order valence-corrected chi connectivity index (χ2v) is 5.14. The van der Waals surface area contributed by atoms with Crippen molar-refractivity contribution in [1.82, 2.24) is 9.80 Å². The topological polar surface area (TPSA) is 70.1 Å². The fourth-order valence-corrected chi connectivity index (χ4v) is 2.63. The van der Waals surface area contributed by atoms with E-state index in [1.165, 1.54) is 9.80 Å². The first-order valence-corrected chi connectivity index (χ1v) is 6.91. The van der Waals surface area contributed by atoms with Crippen molar-refractivity contribution in [2.75, 3.05) is 20.7 Å². The van der Waals surface area contributed by atoms with Crippen LogP contribution in [-0.4, -0.2) is 53.7 Å². The number of carboxylic acids is 1. The highest BCUT2D eigenvalue weighted by Crippen LogP contribution is 2.22. The van der Waals surface area contributed by atoms with E-state index in [1.54, 1.807) is 14.2 Å². The highest BCUT2D eigenvalue weighted by molar-refractivity contribution is 5.83.